The lowest BCUT2D eigenvalue weighted by atomic mass is 10.1. The lowest BCUT2D eigenvalue weighted by Gasteiger charge is -2.36. The van der Waals surface area contributed by atoms with E-state index in [9.17, 15) is 4.79 Å². The zero-order chi connectivity index (χ0) is 14.8. The van der Waals surface area contributed by atoms with Crippen molar-refractivity contribution in [1.29, 1.82) is 0 Å². The molecule has 2 aromatic rings. The van der Waals surface area contributed by atoms with Gasteiger partial charge in [0, 0.05) is 37.4 Å². The SMILES string of the molecule is C[C@H](C(N)=O)N1CCN(Cc2csc3ccccc23)CC1. The van der Waals surface area contributed by atoms with Gasteiger partial charge in [0.05, 0.1) is 6.04 Å². The first-order valence-corrected chi connectivity index (χ1v) is 8.24. The van der Waals surface area contributed by atoms with E-state index in [2.05, 4.69) is 39.4 Å². The average molecular weight is 303 g/mol. The van der Waals surface area contributed by atoms with Crippen LogP contribution in [-0.4, -0.2) is 47.9 Å². The highest BCUT2D eigenvalue weighted by Crippen LogP contribution is 2.26. The van der Waals surface area contributed by atoms with Crippen molar-refractivity contribution in [3.8, 4) is 0 Å². The van der Waals surface area contributed by atoms with Crippen LogP contribution in [0.5, 0.6) is 0 Å². The predicted molar refractivity (Wildman–Crippen MR) is 87.3 cm³/mol. The molecule has 0 radical (unpaired) electrons. The van der Waals surface area contributed by atoms with Crippen molar-refractivity contribution in [1.82, 2.24) is 9.80 Å². The predicted octanol–water partition coefficient (Wildman–Crippen LogP) is 1.89. The van der Waals surface area contributed by atoms with Crippen LogP contribution in [0.25, 0.3) is 10.1 Å². The third-order valence-corrected chi connectivity index (χ3v) is 5.33. The Morgan fingerprint density at radius 2 is 2.00 bits per heavy atom. The number of nitrogens with two attached hydrogens (primary N) is 1. The van der Waals surface area contributed by atoms with Crippen LogP contribution in [0.2, 0.25) is 0 Å². The van der Waals surface area contributed by atoms with Gasteiger partial charge in [0.1, 0.15) is 0 Å². The van der Waals surface area contributed by atoms with Gasteiger partial charge in [-0.1, -0.05) is 18.2 Å². The molecule has 0 saturated carbocycles. The minimum absolute atomic E-state index is 0.158. The molecule has 2 N–H and O–H groups in total. The Labute approximate surface area is 129 Å². The van der Waals surface area contributed by atoms with Crippen molar-refractivity contribution in [2.24, 2.45) is 5.73 Å². The average Bonchev–Trinajstić information content (AvgIpc) is 2.91. The first kappa shape index (κ1) is 14.5. The minimum atomic E-state index is -0.229. The second-order valence-corrected chi connectivity index (χ2v) is 6.56. The van der Waals surface area contributed by atoms with Crippen molar-refractivity contribution in [2.45, 2.75) is 19.5 Å². The first-order valence-electron chi connectivity index (χ1n) is 7.36. The minimum Gasteiger partial charge on any atom is -0.368 e. The normalized spacial score (nSPS) is 18.9. The zero-order valence-electron chi connectivity index (χ0n) is 12.3. The molecule has 1 aliphatic rings. The maximum Gasteiger partial charge on any atom is 0.234 e. The Kier molecular flexibility index (Phi) is 4.24. The molecule has 4 nitrogen and oxygen atoms in total. The fraction of sp³-hybridized carbons (Fsp3) is 0.438. The molecule has 0 unspecified atom stereocenters. The molecule has 1 fully saturated rings. The Hall–Kier alpha value is -1.43. The van der Waals surface area contributed by atoms with E-state index in [1.54, 1.807) is 0 Å². The number of hydrogen-bond acceptors (Lipinski definition) is 4. The summed E-state index contributed by atoms with van der Waals surface area (Å²) in [4.78, 5) is 15.9. The largest absolute Gasteiger partial charge is 0.368 e. The monoisotopic (exact) mass is 303 g/mol. The van der Waals surface area contributed by atoms with E-state index >= 15 is 0 Å². The van der Waals surface area contributed by atoms with Crippen LogP contribution in [0.4, 0.5) is 0 Å². The van der Waals surface area contributed by atoms with Crippen LogP contribution >= 0.6 is 11.3 Å². The second-order valence-electron chi connectivity index (χ2n) is 5.65. The van der Waals surface area contributed by atoms with Crippen LogP contribution < -0.4 is 5.73 Å². The summed E-state index contributed by atoms with van der Waals surface area (Å²) in [5.41, 5.74) is 6.79. The maximum absolute atomic E-state index is 11.3. The number of hydrogen-bond donors (Lipinski definition) is 1. The summed E-state index contributed by atoms with van der Waals surface area (Å²) in [5, 5.41) is 3.64. The van der Waals surface area contributed by atoms with Gasteiger partial charge in [-0.25, -0.2) is 0 Å². The number of nitrogens with zero attached hydrogens (tertiary/aromatic N) is 2. The lowest BCUT2D eigenvalue weighted by molar-refractivity contribution is -0.123. The molecule has 1 aromatic carbocycles. The van der Waals surface area contributed by atoms with Gasteiger partial charge in [-0.3, -0.25) is 14.6 Å². The smallest absolute Gasteiger partial charge is 0.234 e. The van der Waals surface area contributed by atoms with Gasteiger partial charge in [-0.2, -0.15) is 0 Å². The quantitative estimate of drug-likeness (QED) is 0.938. The van der Waals surface area contributed by atoms with E-state index in [0.29, 0.717) is 0 Å². The number of primary amides is 1. The van der Waals surface area contributed by atoms with E-state index in [1.807, 2.05) is 18.3 Å². The van der Waals surface area contributed by atoms with Gasteiger partial charge in [0.2, 0.25) is 5.91 Å². The van der Waals surface area contributed by atoms with E-state index < -0.39 is 0 Å². The molecular formula is C16H21N3OS. The number of thiophene rings is 1. The van der Waals surface area contributed by atoms with Crippen molar-refractivity contribution in [3.63, 3.8) is 0 Å². The molecule has 0 aliphatic carbocycles. The highest BCUT2D eigenvalue weighted by molar-refractivity contribution is 7.17. The van der Waals surface area contributed by atoms with E-state index in [0.717, 1.165) is 32.7 Å². The van der Waals surface area contributed by atoms with Crippen LogP contribution in [0.15, 0.2) is 29.6 Å². The van der Waals surface area contributed by atoms with Gasteiger partial charge in [-0.15, -0.1) is 11.3 Å². The molecule has 0 bridgehead atoms. The lowest BCUT2D eigenvalue weighted by Crippen LogP contribution is -2.52. The third kappa shape index (κ3) is 3.10. The fourth-order valence-electron chi connectivity index (χ4n) is 2.88. The van der Waals surface area contributed by atoms with Crippen LogP contribution in [0.1, 0.15) is 12.5 Å². The summed E-state index contributed by atoms with van der Waals surface area (Å²) < 4.78 is 1.36. The fourth-order valence-corrected chi connectivity index (χ4v) is 3.84. The summed E-state index contributed by atoms with van der Waals surface area (Å²) >= 11 is 1.81. The number of piperazine rings is 1. The van der Waals surface area contributed by atoms with Crippen molar-refractivity contribution < 1.29 is 4.79 Å². The highest BCUT2D eigenvalue weighted by atomic mass is 32.1. The maximum atomic E-state index is 11.3. The molecule has 1 aromatic heterocycles. The number of rotatable bonds is 4. The number of fused-ring (bicyclic) bond motifs is 1. The van der Waals surface area contributed by atoms with Crippen LogP contribution in [-0.2, 0) is 11.3 Å². The van der Waals surface area contributed by atoms with Crippen molar-refractivity contribution >= 4 is 27.3 Å². The first-order chi connectivity index (χ1) is 10.1. The summed E-state index contributed by atoms with van der Waals surface area (Å²) in [6.45, 7) is 6.68. The number of amides is 1. The van der Waals surface area contributed by atoms with E-state index in [1.165, 1.54) is 15.6 Å². The van der Waals surface area contributed by atoms with Gasteiger partial charge >= 0.3 is 0 Å². The molecule has 1 aliphatic heterocycles. The molecule has 3 rings (SSSR count). The topological polar surface area (TPSA) is 49.6 Å². The van der Waals surface area contributed by atoms with Crippen LogP contribution in [0, 0.1) is 0 Å². The summed E-state index contributed by atoms with van der Waals surface area (Å²) in [5.74, 6) is -0.229. The number of carbonyl (C=O) groups excluding carboxylic acids is 1. The van der Waals surface area contributed by atoms with Gasteiger partial charge in [0.25, 0.3) is 0 Å². The molecule has 5 heteroatoms. The molecule has 0 spiro atoms. The third-order valence-electron chi connectivity index (χ3n) is 4.32. The standard InChI is InChI=1S/C16H21N3OS/c1-12(16(17)20)19-8-6-18(7-9-19)10-13-11-21-15-5-3-2-4-14(13)15/h2-5,11-12H,6-10H2,1H3,(H2,17,20)/t12-/m1/s1. The van der Waals surface area contributed by atoms with Crippen molar-refractivity contribution in [2.75, 3.05) is 26.2 Å². The summed E-state index contributed by atoms with van der Waals surface area (Å²) in [7, 11) is 0. The molecule has 112 valence electrons. The van der Waals surface area contributed by atoms with E-state index in [4.69, 9.17) is 5.73 Å². The Morgan fingerprint density at radius 3 is 2.71 bits per heavy atom. The summed E-state index contributed by atoms with van der Waals surface area (Å²) in [6, 6.07) is 8.41. The number of benzene rings is 1. The highest BCUT2D eigenvalue weighted by Gasteiger charge is 2.24. The second kappa shape index (κ2) is 6.13. The van der Waals surface area contributed by atoms with Gasteiger partial charge < -0.3 is 5.73 Å². The molecule has 1 atom stereocenters. The summed E-state index contributed by atoms with van der Waals surface area (Å²) in [6.07, 6.45) is 0. The molecule has 2 heterocycles. The van der Waals surface area contributed by atoms with Gasteiger partial charge in [0.15, 0.2) is 0 Å². The molecule has 21 heavy (non-hydrogen) atoms. The Balaban J connectivity index is 1.62. The van der Waals surface area contributed by atoms with Gasteiger partial charge in [-0.05, 0) is 29.3 Å². The molecule has 1 saturated heterocycles. The van der Waals surface area contributed by atoms with Crippen LogP contribution in [0.3, 0.4) is 0 Å². The molecule has 1 amide bonds. The Morgan fingerprint density at radius 1 is 1.29 bits per heavy atom. The number of carbonyl (C=O) groups is 1. The molecular weight excluding hydrogens is 282 g/mol. The zero-order valence-corrected chi connectivity index (χ0v) is 13.1. The van der Waals surface area contributed by atoms with Crippen molar-refractivity contribution in [3.05, 3.63) is 35.2 Å². The van der Waals surface area contributed by atoms with E-state index in [-0.39, 0.29) is 11.9 Å². The Bertz CT molecular complexity index is 631.